The van der Waals surface area contributed by atoms with Crippen molar-refractivity contribution in [3.05, 3.63) is 56.7 Å². The van der Waals surface area contributed by atoms with Crippen molar-refractivity contribution >= 4 is 49.1 Å². The van der Waals surface area contributed by atoms with Gasteiger partial charge >= 0.3 is 0 Å². The fourth-order valence-corrected chi connectivity index (χ4v) is 3.26. The molecule has 0 spiro atoms. The minimum Gasteiger partial charge on any atom is -0.350 e. The lowest BCUT2D eigenvalue weighted by Crippen LogP contribution is -2.25. The Balaban J connectivity index is 1.90. The largest absolute Gasteiger partial charge is 0.350 e. The monoisotopic (exact) mass is 387 g/mol. The quantitative estimate of drug-likeness (QED) is 0.773. The van der Waals surface area contributed by atoms with Crippen molar-refractivity contribution in [2.24, 2.45) is 0 Å². The number of rotatable bonds is 4. The first-order valence-corrected chi connectivity index (χ1v) is 7.92. The van der Waals surface area contributed by atoms with Crippen LogP contribution in [0.25, 0.3) is 0 Å². The molecule has 2 aromatic rings. The van der Waals surface area contributed by atoms with Gasteiger partial charge in [0.25, 0.3) is 5.91 Å². The number of thiophene rings is 1. The van der Waals surface area contributed by atoms with E-state index in [9.17, 15) is 4.79 Å². The molecule has 0 saturated carbocycles. The molecule has 1 amide bonds. The molecular weight excluding hydrogens is 378 g/mol. The minimum atomic E-state index is -0.0360. The molecular formula is C13H11Br2NOS. The summed E-state index contributed by atoms with van der Waals surface area (Å²) in [6.45, 7) is 0.568. The molecule has 94 valence electrons. The Labute approximate surface area is 127 Å². The van der Waals surface area contributed by atoms with Crippen molar-refractivity contribution in [2.45, 2.75) is 4.83 Å². The zero-order valence-corrected chi connectivity index (χ0v) is 13.4. The smallest absolute Gasteiger partial charge is 0.261 e. The van der Waals surface area contributed by atoms with Gasteiger partial charge in [0.2, 0.25) is 0 Å². The van der Waals surface area contributed by atoms with E-state index in [2.05, 4.69) is 37.2 Å². The van der Waals surface area contributed by atoms with E-state index in [1.54, 1.807) is 0 Å². The van der Waals surface area contributed by atoms with Crippen LogP contribution in [-0.4, -0.2) is 12.5 Å². The van der Waals surface area contributed by atoms with Crippen molar-refractivity contribution in [3.8, 4) is 0 Å². The van der Waals surface area contributed by atoms with Gasteiger partial charge in [-0.15, -0.1) is 11.3 Å². The van der Waals surface area contributed by atoms with Crippen molar-refractivity contribution in [1.82, 2.24) is 5.32 Å². The fraction of sp³-hybridized carbons (Fsp3) is 0.154. The third kappa shape index (κ3) is 3.67. The first-order valence-electron chi connectivity index (χ1n) is 5.39. The maximum atomic E-state index is 11.9. The molecule has 1 atom stereocenters. The van der Waals surface area contributed by atoms with Crippen molar-refractivity contribution in [1.29, 1.82) is 0 Å². The number of carbonyl (C=O) groups is 1. The molecule has 1 aromatic carbocycles. The van der Waals surface area contributed by atoms with Gasteiger partial charge in [-0.1, -0.05) is 46.3 Å². The standard InChI is InChI=1S/C13H11Br2NOS/c14-10(9-4-2-1-3-5-9)8-16-13(17)11-6-7-12(15)18-11/h1-7,10H,8H2,(H,16,17). The van der Waals surface area contributed by atoms with Crippen LogP contribution in [0.5, 0.6) is 0 Å². The van der Waals surface area contributed by atoms with Crippen molar-refractivity contribution in [2.75, 3.05) is 6.54 Å². The summed E-state index contributed by atoms with van der Waals surface area (Å²) in [5, 5.41) is 2.91. The molecule has 0 radical (unpaired) electrons. The molecule has 0 aliphatic rings. The molecule has 0 aliphatic heterocycles. The van der Waals surface area contributed by atoms with Crippen LogP contribution in [0.1, 0.15) is 20.1 Å². The van der Waals surface area contributed by atoms with E-state index in [0.29, 0.717) is 6.54 Å². The van der Waals surface area contributed by atoms with E-state index in [4.69, 9.17) is 0 Å². The molecule has 1 N–H and O–H groups in total. The van der Waals surface area contributed by atoms with E-state index < -0.39 is 0 Å². The average Bonchev–Trinajstić information content (AvgIpc) is 2.83. The first kappa shape index (κ1) is 13.8. The number of nitrogens with one attached hydrogen (secondary N) is 1. The average molecular weight is 389 g/mol. The number of alkyl halides is 1. The van der Waals surface area contributed by atoms with Crippen LogP contribution in [0, 0.1) is 0 Å². The van der Waals surface area contributed by atoms with Crippen LogP contribution >= 0.6 is 43.2 Å². The molecule has 1 aromatic heterocycles. The third-order valence-electron chi connectivity index (χ3n) is 2.40. The summed E-state index contributed by atoms with van der Waals surface area (Å²) in [5.41, 5.74) is 1.16. The van der Waals surface area contributed by atoms with Gasteiger partial charge in [-0.25, -0.2) is 0 Å². The first-order chi connectivity index (χ1) is 8.66. The summed E-state index contributed by atoms with van der Waals surface area (Å²) < 4.78 is 0.964. The Hall–Kier alpha value is -0.650. The fourth-order valence-electron chi connectivity index (χ4n) is 1.49. The number of amides is 1. The molecule has 18 heavy (non-hydrogen) atoms. The zero-order chi connectivity index (χ0) is 13.0. The van der Waals surface area contributed by atoms with Crippen LogP contribution in [0.3, 0.4) is 0 Å². The van der Waals surface area contributed by atoms with Crippen molar-refractivity contribution in [3.63, 3.8) is 0 Å². The third-order valence-corrected chi connectivity index (χ3v) is 4.87. The molecule has 1 heterocycles. The summed E-state index contributed by atoms with van der Waals surface area (Å²) in [4.78, 5) is 12.7. The lowest BCUT2D eigenvalue weighted by molar-refractivity contribution is 0.0958. The highest BCUT2D eigenvalue weighted by atomic mass is 79.9. The van der Waals surface area contributed by atoms with Gasteiger partial charge in [-0.2, -0.15) is 0 Å². The van der Waals surface area contributed by atoms with E-state index in [1.165, 1.54) is 11.3 Å². The highest BCUT2D eigenvalue weighted by molar-refractivity contribution is 9.11. The van der Waals surface area contributed by atoms with Crippen LogP contribution < -0.4 is 5.32 Å². The number of hydrogen-bond donors (Lipinski definition) is 1. The Bertz CT molecular complexity index is 527. The summed E-state index contributed by atoms with van der Waals surface area (Å²) in [6.07, 6.45) is 0. The number of halogens is 2. The zero-order valence-electron chi connectivity index (χ0n) is 9.40. The molecule has 5 heteroatoms. The van der Waals surface area contributed by atoms with Crippen molar-refractivity contribution < 1.29 is 4.79 Å². The predicted molar refractivity (Wildman–Crippen MR) is 82.5 cm³/mol. The SMILES string of the molecule is O=C(NCC(Br)c1ccccc1)c1ccc(Br)s1. The second kappa shape index (κ2) is 6.50. The Morgan fingerprint density at radius 1 is 1.22 bits per heavy atom. The summed E-state index contributed by atoms with van der Waals surface area (Å²) >= 11 is 8.35. The molecule has 2 nitrogen and oxygen atoms in total. The summed E-state index contributed by atoms with van der Waals surface area (Å²) in [7, 11) is 0. The molecule has 1 unspecified atom stereocenters. The van der Waals surface area contributed by atoms with Gasteiger partial charge in [-0.3, -0.25) is 4.79 Å². The van der Waals surface area contributed by atoms with E-state index in [0.717, 1.165) is 14.2 Å². The Morgan fingerprint density at radius 3 is 2.56 bits per heavy atom. The number of benzene rings is 1. The molecule has 0 saturated heterocycles. The maximum absolute atomic E-state index is 11.9. The normalized spacial score (nSPS) is 12.1. The van der Waals surface area contributed by atoms with Crippen LogP contribution in [-0.2, 0) is 0 Å². The Kier molecular flexibility index (Phi) is 4.97. The van der Waals surface area contributed by atoms with Gasteiger partial charge in [0.05, 0.1) is 13.5 Å². The number of carbonyl (C=O) groups excluding carboxylic acids is 1. The van der Waals surface area contributed by atoms with E-state index in [-0.39, 0.29) is 10.7 Å². The lowest BCUT2D eigenvalue weighted by atomic mass is 10.1. The van der Waals surface area contributed by atoms with Gasteiger partial charge < -0.3 is 5.32 Å². The van der Waals surface area contributed by atoms with Gasteiger partial charge in [0.1, 0.15) is 0 Å². The highest BCUT2D eigenvalue weighted by Crippen LogP contribution is 2.23. The summed E-state index contributed by atoms with van der Waals surface area (Å²) in [6, 6.07) is 13.7. The van der Waals surface area contributed by atoms with E-state index >= 15 is 0 Å². The lowest BCUT2D eigenvalue weighted by Gasteiger charge is -2.10. The Morgan fingerprint density at radius 2 is 1.94 bits per heavy atom. The maximum Gasteiger partial charge on any atom is 0.261 e. The minimum absolute atomic E-state index is 0.0360. The predicted octanol–water partition coefficient (Wildman–Crippen LogP) is 4.38. The molecule has 2 rings (SSSR count). The van der Waals surface area contributed by atoms with Crippen LogP contribution in [0.2, 0.25) is 0 Å². The number of hydrogen-bond acceptors (Lipinski definition) is 2. The second-order valence-corrected chi connectivity index (χ2v) is 7.26. The van der Waals surface area contributed by atoms with Crippen LogP contribution in [0.4, 0.5) is 0 Å². The molecule has 0 aliphatic carbocycles. The second-order valence-electron chi connectivity index (χ2n) is 3.69. The van der Waals surface area contributed by atoms with E-state index in [1.807, 2.05) is 42.5 Å². The van der Waals surface area contributed by atoms with Gasteiger partial charge in [-0.05, 0) is 33.6 Å². The molecule has 0 bridgehead atoms. The molecule has 0 fully saturated rings. The summed E-state index contributed by atoms with van der Waals surface area (Å²) in [5.74, 6) is -0.0360. The highest BCUT2D eigenvalue weighted by Gasteiger charge is 2.11. The van der Waals surface area contributed by atoms with Crippen LogP contribution in [0.15, 0.2) is 46.3 Å². The van der Waals surface area contributed by atoms with Gasteiger partial charge in [0, 0.05) is 6.54 Å². The topological polar surface area (TPSA) is 29.1 Å². The van der Waals surface area contributed by atoms with Gasteiger partial charge in [0.15, 0.2) is 0 Å².